The Hall–Kier alpha value is -3.09. The van der Waals surface area contributed by atoms with Gasteiger partial charge in [0, 0.05) is 30.5 Å². The van der Waals surface area contributed by atoms with Crippen molar-refractivity contribution in [2.75, 3.05) is 12.4 Å². The molecule has 1 aromatic heterocycles. The van der Waals surface area contributed by atoms with Gasteiger partial charge in [0.2, 0.25) is 0 Å². The largest absolute Gasteiger partial charge is 0.457 e. The number of aromatic nitrogens is 1. The van der Waals surface area contributed by atoms with Gasteiger partial charge in [-0.05, 0) is 51.1 Å². The van der Waals surface area contributed by atoms with Crippen LogP contribution in [0.2, 0.25) is 0 Å². The molecular weight excluding hydrogens is 320 g/mol. The standard InChI is InChI=1S/C18H22N4O3/c1-18(2,3)22-17(24)21-12-5-7-13(8-6-12)25-14-9-10-20-15(11-14)16(23)19-4/h5-11H,1-4H3,(H,19,23)(H2,21,22,24). The van der Waals surface area contributed by atoms with E-state index in [0.29, 0.717) is 17.2 Å². The molecule has 1 heterocycles. The van der Waals surface area contributed by atoms with Gasteiger partial charge in [-0.2, -0.15) is 0 Å². The zero-order valence-corrected chi connectivity index (χ0v) is 14.7. The number of nitrogens with one attached hydrogen (secondary N) is 3. The molecule has 3 N–H and O–H groups in total. The zero-order chi connectivity index (χ0) is 18.4. The fourth-order valence-electron chi connectivity index (χ4n) is 1.97. The van der Waals surface area contributed by atoms with Crippen LogP contribution >= 0.6 is 0 Å². The summed E-state index contributed by atoms with van der Waals surface area (Å²) in [5.74, 6) is 0.797. The number of anilines is 1. The highest BCUT2D eigenvalue weighted by atomic mass is 16.5. The Bertz CT molecular complexity index is 752. The van der Waals surface area contributed by atoms with E-state index in [1.165, 1.54) is 6.20 Å². The summed E-state index contributed by atoms with van der Waals surface area (Å²) in [5, 5.41) is 8.08. The highest BCUT2D eigenvalue weighted by Gasteiger charge is 2.13. The van der Waals surface area contributed by atoms with E-state index >= 15 is 0 Å². The van der Waals surface area contributed by atoms with E-state index in [0.717, 1.165) is 0 Å². The van der Waals surface area contributed by atoms with Gasteiger partial charge in [-0.3, -0.25) is 9.78 Å². The number of carbonyl (C=O) groups excluding carboxylic acids is 2. The Morgan fingerprint density at radius 3 is 2.32 bits per heavy atom. The molecule has 0 aliphatic carbocycles. The monoisotopic (exact) mass is 342 g/mol. The van der Waals surface area contributed by atoms with Crippen LogP contribution in [0.1, 0.15) is 31.3 Å². The normalized spacial score (nSPS) is 10.7. The number of ether oxygens (including phenoxy) is 1. The first-order chi connectivity index (χ1) is 11.8. The van der Waals surface area contributed by atoms with Crippen molar-refractivity contribution in [3.63, 3.8) is 0 Å². The van der Waals surface area contributed by atoms with Gasteiger partial charge in [0.05, 0.1) is 0 Å². The van der Waals surface area contributed by atoms with Crippen molar-refractivity contribution in [2.45, 2.75) is 26.3 Å². The highest BCUT2D eigenvalue weighted by molar-refractivity contribution is 5.92. The Morgan fingerprint density at radius 1 is 1.04 bits per heavy atom. The van der Waals surface area contributed by atoms with E-state index in [2.05, 4.69) is 20.9 Å². The number of carbonyl (C=O) groups is 2. The number of rotatable bonds is 4. The van der Waals surface area contributed by atoms with E-state index in [9.17, 15) is 9.59 Å². The van der Waals surface area contributed by atoms with Crippen LogP contribution in [0.25, 0.3) is 0 Å². The number of urea groups is 1. The van der Waals surface area contributed by atoms with Crippen LogP contribution in [-0.4, -0.2) is 29.5 Å². The average Bonchev–Trinajstić information content (AvgIpc) is 2.54. The molecule has 0 fully saturated rings. The van der Waals surface area contributed by atoms with Crippen LogP contribution in [0.5, 0.6) is 11.5 Å². The van der Waals surface area contributed by atoms with E-state index < -0.39 is 0 Å². The molecule has 7 heteroatoms. The summed E-state index contributed by atoms with van der Waals surface area (Å²) in [6, 6.07) is 9.87. The maximum absolute atomic E-state index is 11.8. The van der Waals surface area contributed by atoms with Crippen LogP contribution in [0, 0.1) is 0 Å². The summed E-state index contributed by atoms with van der Waals surface area (Å²) in [4.78, 5) is 27.4. The van der Waals surface area contributed by atoms with E-state index in [-0.39, 0.29) is 23.2 Å². The minimum absolute atomic E-state index is 0.273. The molecule has 132 valence electrons. The number of nitrogens with zero attached hydrogens (tertiary/aromatic N) is 1. The van der Waals surface area contributed by atoms with Crippen molar-refractivity contribution < 1.29 is 14.3 Å². The molecule has 2 aromatic rings. The zero-order valence-electron chi connectivity index (χ0n) is 14.7. The van der Waals surface area contributed by atoms with Crippen molar-refractivity contribution in [1.29, 1.82) is 0 Å². The number of benzene rings is 1. The summed E-state index contributed by atoms with van der Waals surface area (Å²) in [6.07, 6.45) is 1.51. The maximum atomic E-state index is 11.8. The molecule has 0 aliphatic heterocycles. The van der Waals surface area contributed by atoms with Crippen molar-refractivity contribution in [3.05, 3.63) is 48.3 Å². The topological polar surface area (TPSA) is 92.4 Å². The smallest absolute Gasteiger partial charge is 0.319 e. The third-order valence-electron chi connectivity index (χ3n) is 3.03. The molecule has 25 heavy (non-hydrogen) atoms. The van der Waals surface area contributed by atoms with Gasteiger partial charge in [0.1, 0.15) is 17.2 Å². The fraction of sp³-hybridized carbons (Fsp3) is 0.278. The summed E-state index contributed by atoms with van der Waals surface area (Å²) < 4.78 is 5.71. The van der Waals surface area contributed by atoms with Crippen LogP contribution in [0.4, 0.5) is 10.5 Å². The quantitative estimate of drug-likeness (QED) is 0.796. The molecule has 0 atom stereocenters. The number of hydrogen-bond acceptors (Lipinski definition) is 4. The van der Waals surface area contributed by atoms with Crippen LogP contribution in [0.3, 0.4) is 0 Å². The van der Waals surface area contributed by atoms with Crippen LogP contribution < -0.4 is 20.7 Å². The van der Waals surface area contributed by atoms with Crippen molar-refractivity contribution in [1.82, 2.24) is 15.6 Å². The molecule has 0 spiro atoms. The van der Waals surface area contributed by atoms with Crippen molar-refractivity contribution in [2.24, 2.45) is 0 Å². The van der Waals surface area contributed by atoms with Gasteiger partial charge in [-0.15, -0.1) is 0 Å². The van der Waals surface area contributed by atoms with Crippen molar-refractivity contribution in [3.8, 4) is 11.5 Å². The molecule has 0 bridgehead atoms. The molecule has 3 amide bonds. The molecule has 0 unspecified atom stereocenters. The average molecular weight is 342 g/mol. The minimum atomic E-state index is -0.309. The second-order valence-electron chi connectivity index (χ2n) is 6.41. The van der Waals surface area contributed by atoms with Gasteiger partial charge in [-0.1, -0.05) is 0 Å². The lowest BCUT2D eigenvalue weighted by atomic mass is 10.1. The molecule has 0 radical (unpaired) electrons. The van der Waals surface area contributed by atoms with Crippen LogP contribution in [-0.2, 0) is 0 Å². The summed E-state index contributed by atoms with van der Waals surface area (Å²) in [7, 11) is 1.54. The van der Waals surface area contributed by atoms with Gasteiger partial charge >= 0.3 is 6.03 Å². The summed E-state index contributed by atoms with van der Waals surface area (Å²) in [5.41, 5.74) is 0.615. The Kier molecular flexibility index (Phi) is 5.59. The predicted octanol–water partition coefficient (Wildman–Crippen LogP) is 3.15. The van der Waals surface area contributed by atoms with Gasteiger partial charge in [0.25, 0.3) is 5.91 Å². The first-order valence-electron chi connectivity index (χ1n) is 7.82. The molecule has 0 aliphatic rings. The lowest BCUT2D eigenvalue weighted by Crippen LogP contribution is -2.43. The van der Waals surface area contributed by atoms with Gasteiger partial charge in [0.15, 0.2) is 0 Å². The van der Waals surface area contributed by atoms with E-state index in [1.54, 1.807) is 43.4 Å². The maximum Gasteiger partial charge on any atom is 0.319 e. The first-order valence-corrected chi connectivity index (χ1v) is 7.82. The Labute approximate surface area is 146 Å². The SMILES string of the molecule is CNC(=O)c1cc(Oc2ccc(NC(=O)NC(C)(C)C)cc2)ccn1. The second-order valence-corrected chi connectivity index (χ2v) is 6.41. The number of pyridine rings is 1. The Balaban J connectivity index is 2.01. The molecular formula is C18H22N4O3. The lowest BCUT2D eigenvalue weighted by Gasteiger charge is -2.20. The molecule has 0 saturated heterocycles. The fourth-order valence-corrected chi connectivity index (χ4v) is 1.97. The lowest BCUT2D eigenvalue weighted by molar-refractivity contribution is 0.0958. The molecule has 7 nitrogen and oxygen atoms in total. The van der Waals surface area contributed by atoms with Crippen molar-refractivity contribution >= 4 is 17.6 Å². The van der Waals surface area contributed by atoms with Gasteiger partial charge in [-0.25, -0.2) is 4.79 Å². The third-order valence-corrected chi connectivity index (χ3v) is 3.03. The van der Waals surface area contributed by atoms with E-state index in [4.69, 9.17) is 4.74 Å². The second kappa shape index (κ2) is 7.65. The predicted molar refractivity (Wildman–Crippen MR) is 96.1 cm³/mol. The minimum Gasteiger partial charge on any atom is -0.457 e. The number of amides is 3. The first kappa shape index (κ1) is 18.3. The molecule has 1 aromatic carbocycles. The van der Waals surface area contributed by atoms with Gasteiger partial charge < -0.3 is 20.7 Å². The summed E-state index contributed by atoms with van der Waals surface area (Å²) in [6.45, 7) is 5.72. The van der Waals surface area contributed by atoms with Crippen LogP contribution in [0.15, 0.2) is 42.6 Å². The third kappa shape index (κ3) is 5.80. The number of hydrogen-bond donors (Lipinski definition) is 3. The summed E-state index contributed by atoms with van der Waals surface area (Å²) >= 11 is 0. The molecule has 2 rings (SSSR count). The Morgan fingerprint density at radius 2 is 1.72 bits per heavy atom. The van der Waals surface area contributed by atoms with E-state index in [1.807, 2.05) is 20.8 Å². The molecule has 0 saturated carbocycles. The highest BCUT2D eigenvalue weighted by Crippen LogP contribution is 2.23.